The van der Waals surface area contributed by atoms with E-state index in [0.717, 1.165) is 44.2 Å². The summed E-state index contributed by atoms with van der Waals surface area (Å²) < 4.78 is 36.4. The fourth-order valence-corrected chi connectivity index (χ4v) is 5.56. The van der Waals surface area contributed by atoms with E-state index in [0.29, 0.717) is 18.3 Å². The van der Waals surface area contributed by atoms with Crippen LogP contribution in [0.3, 0.4) is 0 Å². The first kappa shape index (κ1) is 18.5. The lowest BCUT2D eigenvalue weighted by atomic mass is 10.1. The van der Waals surface area contributed by atoms with Gasteiger partial charge < -0.3 is 15.1 Å². The van der Waals surface area contributed by atoms with E-state index in [4.69, 9.17) is 4.99 Å². The molecule has 2 saturated heterocycles. The van der Waals surface area contributed by atoms with Crippen LogP contribution in [0.25, 0.3) is 0 Å². The van der Waals surface area contributed by atoms with Crippen LogP contribution in [0.1, 0.15) is 19.3 Å². The molecule has 3 fully saturated rings. The minimum absolute atomic E-state index is 0.145. The monoisotopic (exact) mass is 394 g/mol. The Bertz CT molecular complexity index is 784. The van der Waals surface area contributed by atoms with Gasteiger partial charge in [-0.05, 0) is 49.4 Å². The van der Waals surface area contributed by atoms with Gasteiger partial charge in [0.1, 0.15) is 5.82 Å². The van der Waals surface area contributed by atoms with E-state index in [1.807, 2.05) is 12.1 Å². The number of rotatable bonds is 4. The zero-order valence-corrected chi connectivity index (χ0v) is 16.3. The summed E-state index contributed by atoms with van der Waals surface area (Å²) in [5.74, 6) is 1.42. The van der Waals surface area contributed by atoms with E-state index >= 15 is 0 Å². The van der Waals surface area contributed by atoms with Gasteiger partial charge in [-0.15, -0.1) is 0 Å². The molecule has 1 aromatic rings. The quantitative estimate of drug-likeness (QED) is 0.619. The predicted molar refractivity (Wildman–Crippen MR) is 105 cm³/mol. The Balaban J connectivity index is 1.36. The van der Waals surface area contributed by atoms with E-state index in [-0.39, 0.29) is 17.5 Å². The summed E-state index contributed by atoms with van der Waals surface area (Å²) in [6, 6.07) is 7.15. The Morgan fingerprint density at radius 1 is 1.11 bits per heavy atom. The molecule has 1 unspecified atom stereocenters. The van der Waals surface area contributed by atoms with Crippen LogP contribution in [0.15, 0.2) is 29.3 Å². The van der Waals surface area contributed by atoms with Gasteiger partial charge in [-0.2, -0.15) is 0 Å². The molecular weight excluding hydrogens is 367 g/mol. The molecule has 0 bridgehead atoms. The molecule has 6 nitrogen and oxygen atoms in total. The van der Waals surface area contributed by atoms with E-state index in [9.17, 15) is 12.8 Å². The number of hydrogen-bond donors (Lipinski definition) is 1. The average Bonchev–Trinajstić information content (AvgIpc) is 3.41. The lowest BCUT2D eigenvalue weighted by Crippen LogP contribution is -2.53. The molecule has 148 valence electrons. The van der Waals surface area contributed by atoms with Gasteiger partial charge in [0.15, 0.2) is 15.8 Å². The molecule has 3 aliphatic rings. The summed E-state index contributed by atoms with van der Waals surface area (Å²) in [4.78, 5) is 9.31. The summed E-state index contributed by atoms with van der Waals surface area (Å²) in [7, 11) is -2.86. The molecule has 1 aromatic carbocycles. The Morgan fingerprint density at radius 2 is 1.81 bits per heavy atom. The average molecular weight is 395 g/mol. The molecule has 2 heterocycles. The Hall–Kier alpha value is -1.83. The molecule has 1 N–H and O–H groups in total. The van der Waals surface area contributed by atoms with Crippen molar-refractivity contribution in [2.75, 3.05) is 49.1 Å². The Labute approximate surface area is 160 Å². The second-order valence-corrected chi connectivity index (χ2v) is 10.0. The smallest absolute Gasteiger partial charge is 0.194 e. The molecule has 1 atom stereocenters. The van der Waals surface area contributed by atoms with Crippen molar-refractivity contribution in [3.8, 4) is 0 Å². The van der Waals surface area contributed by atoms with Gasteiger partial charge in [0, 0.05) is 44.5 Å². The van der Waals surface area contributed by atoms with Crippen LogP contribution >= 0.6 is 0 Å². The van der Waals surface area contributed by atoms with Crippen molar-refractivity contribution in [2.24, 2.45) is 10.9 Å². The second-order valence-electron chi connectivity index (χ2n) is 7.80. The van der Waals surface area contributed by atoms with Crippen molar-refractivity contribution in [3.63, 3.8) is 0 Å². The van der Waals surface area contributed by atoms with Gasteiger partial charge in [-0.25, -0.2) is 12.8 Å². The predicted octanol–water partition coefficient (Wildman–Crippen LogP) is 1.49. The van der Waals surface area contributed by atoms with Gasteiger partial charge >= 0.3 is 0 Å². The maximum atomic E-state index is 13.1. The van der Waals surface area contributed by atoms with Gasteiger partial charge in [-0.1, -0.05) is 0 Å². The molecule has 0 amide bonds. The summed E-state index contributed by atoms with van der Waals surface area (Å²) in [6.07, 6.45) is 3.07. The SMILES string of the molecule is O=S1(=O)CCC(CN=C(NC2CC2)N2CCN(c3ccc(F)cc3)CC2)C1. The number of hydrogen-bond acceptors (Lipinski definition) is 4. The molecule has 8 heteroatoms. The van der Waals surface area contributed by atoms with Gasteiger partial charge in [0.05, 0.1) is 11.5 Å². The number of sulfone groups is 1. The summed E-state index contributed by atoms with van der Waals surface area (Å²) in [5.41, 5.74) is 1.04. The number of piperazine rings is 1. The van der Waals surface area contributed by atoms with Crippen LogP contribution in [0, 0.1) is 11.7 Å². The van der Waals surface area contributed by atoms with Crippen LogP contribution in [0.5, 0.6) is 0 Å². The zero-order valence-electron chi connectivity index (χ0n) is 15.5. The molecule has 0 spiro atoms. The first-order chi connectivity index (χ1) is 13.0. The van der Waals surface area contributed by atoms with Gasteiger partial charge in [0.2, 0.25) is 0 Å². The fraction of sp³-hybridized carbons (Fsp3) is 0.632. The van der Waals surface area contributed by atoms with Gasteiger partial charge in [0.25, 0.3) is 0 Å². The first-order valence-electron chi connectivity index (χ1n) is 9.75. The van der Waals surface area contributed by atoms with Crippen LogP contribution in [0.4, 0.5) is 10.1 Å². The highest BCUT2D eigenvalue weighted by Gasteiger charge is 2.30. The maximum Gasteiger partial charge on any atom is 0.194 e. The molecular formula is C19H27FN4O2S. The number of anilines is 1. The summed E-state index contributed by atoms with van der Waals surface area (Å²) in [6.45, 7) is 3.98. The molecule has 1 saturated carbocycles. The van der Waals surface area contributed by atoms with Crippen LogP contribution in [-0.2, 0) is 9.84 Å². The van der Waals surface area contributed by atoms with Crippen LogP contribution in [-0.4, -0.2) is 69.5 Å². The van der Waals surface area contributed by atoms with Gasteiger partial charge in [-0.3, -0.25) is 4.99 Å². The third-order valence-electron chi connectivity index (χ3n) is 5.51. The molecule has 0 radical (unpaired) electrons. The number of nitrogens with one attached hydrogen (secondary N) is 1. The Kier molecular flexibility index (Phi) is 5.25. The Morgan fingerprint density at radius 3 is 2.41 bits per heavy atom. The topological polar surface area (TPSA) is 65.0 Å². The third kappa shape index (κ3) is 4.91. The molecule has 2 aliphatic heterocycles. The lowest BCUT2D eigenvalue weighted by molar-refractivity contribution is 0.370. The van der Waals surface area contributed by atoms with Crippen molar-refractivity contribution in [1.82, 2.24) is 10.2 Å². The van der Waals surface area contributed by atoms with E-state index < -0.39 is 9.84 Å². The van der Waals surface area contributed by atoms with E-state index in [2.05, 4.69) is 15.1 Å². The number of aliphatic imine (C=N–C) groups is 1. The second kappa shape index (κ2) is 7.66. The fourth-order valence-electron chi connectivity index (χ4n) is 3.71. The largest absolute Gasteiger partial charge is 0.368 e. The molecule has 4 rings (SSSR count). The highest BCUT2D eigenvalue weighted by Crippen LogP contribution is 2.22. The highest BCUT2D eigenvalue weighted by atomic mass is 32.2. The molecule has 1 aliphatic carbocycles. The standard InChI is InChI=1S/C19H27FN4O2S/c20-16-1-5-18(6-2-16)23-8-10-24(11-9-23)19(22-17-3-4-17)21-13-15-7-12-27(25,26)14-15/h1-2,5-6,15,17H,3-4,7-14H2,(H,21,22). The van der Waals surface area contributed by atoms with Crippen molar-refractivity contribution < 1.29 is 12.8 Å². The summed E-state index contributed by atoms with van der Waals surface area (Å²) >= 11 is 0. The van der Waals surface area contributed by atoms with Crippen molar-refractivity contribution in [1.29, 1.82) is 0 Å². The lowest BCUT2D eigenvalue weighted by Gasteiger charge is -2.38. The number of guanidine groups is 1. The molecule has 0 aromatic heterocycles. The van der Waals surface area contributed by atoms with E-state index in [1.165, 1.54) is 25.0 Å². The van der Waals surface area contributed by atoms with Crippen LogP contribution in [0.2, 0.25) is 0 Å². The minimum Gasteiger partial charge on any atom is -0.368 e. The minimum atomic E-state index is -2.86. The summed E-state index contributed by atoms with van der Waals surface area (Å²) in [5, 5.41) is 3.53. The van der Waals surface area contributed by atoms with Crippen molar-refractivity contribution in [3.05, 3.63) is 30.1 Å². The number of nitrogens with zero attached hydrogens (tertiary/aromatic N) is 3. The van der Waals surface area contributed by atoms with Crippen LogP contribution < -0.4 is 10.2 Å². The third-order valence-corrected chi connectivity index (χ3v) is 7.34. The first-order valence-corrected chi connectivity index (χ1v) is 11.6. The maximum absolute atomic E-state index is 13.1. The van der Waals surface area contributed by atoms with E-state index in [1.54, 1.807) is 0 Å². The number of halogens is 1. The number of benzene rings is 1. The normalized spacial score (nSPS) is 25.7. The van der Waals surface area contributed by atoms with Crippen molar-refractivity contribution >= 4 is 21.5 Å². The highest BCUT2D eigenvalue weighted by molar-refractivity contribution is 7.91. The zero-order chi connectivity index (χ0) is 18.9. The molecule has 27 heavy (non-hydrogen) atoms. The van der Waals surface area contributed by atoms with Crippen molar-refractivity contribution in [2.45, 2.75) is 25.3 Å².